The molecule has 0 fully saturated rings. The molecule has 0 bridgehead atoms. The predicted octanol–water partition coefficient (Wildman–Crippen LogP) is 3.93. The zero-order valence-electron chi connectivity index (χ0n) is 7.15. The van der Waals surface area contributed by atoms with Crippen molar-refractivity contribution < 1.29 is 22.0 Å². The summed E-state index contributed by atoms with van der Waals surface area (Å²) in [5, 5.41) is -0.220. The van der Waals surface area contributed by atoms with Crippen LogP contribution in [0.4, 0.5) is 22.0 Å². The molecule has 1 nitrogen and oxygen atoms in total. The molecule has 7 heteroatoms. The van der Waals surface area contributed by atoms with Gasteiger partial charge in [0.1, 0.15) is 0 Å². The second kappa shape index (κ2) is 4.42. The molecular weight excluding hydrogens is 285 g/mol. The van der Waals surface area contributed by atoms with Gasteiger partial charge in [-0.2, -0.15) is 13.2 Å². The van der Waals surface area contributed by atoms with E-state index < -0.39 is 29.4 Å². The van der Waals surface area contributed by atoms with Crippen molar-refractivity contribution in [3.05, 3.63) is 29.1 Å². The number of hydrogen-bond acceptors (Lipinski definition) is 1. The Hall–Kier alpha value is -0.720. The first-order valence-corrected chi connectivity index (χ1v) is 4.89. The van der Waals surface area contributed by atoms with Crippen molar-refractivity contribution in [2.45, 2.75) is 17.9 Å². The highest BCUT2D eigenvalue weighted by molar-refractivity contribution is 9.08. The smallest absolute Gasteiger partial charge is 0.260 e. The Labute approximate surface area is 90.4 Å². The van der Waals surface area contributed by atoms with E-state index >= 15 is 0 Å². The number of nitrogens with zero attached hydrogens (tertiary/aromatic N) is 1. The SMILES string of the molecule is FC(F)c1ccnc(CBr)c1C(F)(F)F. The van der Waals surface area contributed by atoms with Crippen molar-refractivity contribution in [3.63, 3.8) is 0 Å². The van der Waals surface area contributed by atoms with Crippen LogP contribution >= 0.6 is 15.9 Å². The van der Waals surface area contributed by atoms with Gasteiger partial charge in [0.15, 0.2) is 0 Å². The summed E-state index contributed by atoms with van der Waals surface area (Å²) in [5.74, 6) is 0. The first-order chi connectivity index (χ1) is 6.88. The van der Waals surface area contributed by atoms with Crippen LogP contribution in [0.5, 0.6) is 0 Å². The highest BCUT2D eigenvalue weighted by Crippen LogP contribution is 2.38. The average Bonchev–Trinajstić information content (AvgIpc) is 2.15. The third-order valence-electron chi connectivity index (χ3n) is 1.71. The molecule has 0 saturated carbocycles. The molecule has 0 radical (unpaired) electrons. The largest absolute Gasteiger partial charge is 0.418 e. The summed E-state index contributed by atoms with van der Waals surface area (Å²) in [4.78, 5) is 3.41. The minimum absolute atomic E-state index is 0.220. The number of alkyl halides is 6. The minimum atomic E-state index is -4.82. The normalized spacial score (nSPS) is 12.2. The van der Waals surface area contributed by atoms with Crippen LogP contribution in [0.3, 0.4) is 0 Å². The maximum atomic E-state index is 12.5. The fourth-order valence-corrected chi connectivity index (χ4v) is 1.56. The molecule has 0 spiro atoms. The van der Waals surface area contributed by atoms with Crippen LogP contribution in [0.15, 0.2) is 12.3 Å². The number of halogens is 6. The standard InChI is InChI=1S/C8H5BrF5N/c9-3-5-6(8(12,13)14)4(7(10)11)1-2-15-5/h1-2,7H,3H2. The van der Waals surface area contributed by atoms with Gasteiger partial charge >= 0.3 is 6.18 Å². The summed E-state index contributed by atoms with van der Waals surface area (Å²) >= 11 is 2.78. The van der Waals surface area contributed by atoms with Gasteiger partial charge in [0, 0.05) is 17.1 Å². The third kappa shape index (κ3) is 2.64. The fourth-order valence-electron chi connectivity index (χ4n) is 1.13. The summed E-state index contributed by atoms with van der Waals surface area (Å²) in [6, 6.07) is 0.680. The van der Waals surface area contributed by atoms with Crippen molar-refractivity contribution in [1.82, 2.24) is 4.98 Å². The number of rotatable bonds is 2. The van der Waals surface area contributed by atoms with Gasteiger partial charge < -0.3 is 0 Å². The van der Waals surface area contributed by atoms with E-state index in [9.17, 15) is 22.0 Å². The van der Waals surface area contributed by atoms with Crippen molar-refractivity contribution in [3.8, 4) is 0 Å². The molecule has 0 amide bonds. The quantitative estimate of drug-likeness (QED) is 0.594. The lowest BCUT2D eigenvalue weighted by Gasteiger charge is -2.14. The Balaban J connectivity index is 3.41. The monoisotopic (exact) mass is 289 g/mol. The van der Waals surface area contributed by atoms with E-state index in [2.05, 4.69) is 20.9 Å². The van der Waals surface area contributed by atoms with E-state index in [-0.39, 0.29) is 5.33 Å². The second-order valence-electron chi connectivity index (χ2n) is 2.65. The predicted molar refractivity (Wildman–Crippen MR) is 46.8 cm³/mol. The van der Waals surface area contributed by atoms with Gasteiger partial charge in [-0.1, -0.05) is 15.9 Å². The van der Waals surface area contributed by atoms with Gasteiger partial charge in [0.2, 0.25) is 0 Å². The molecule has 1 rings (SSSR count). The van der Waals surface area contributed by atoms with E-state index in [0.717, 1.165) is 6.20 Å². The van der Waals surface area contributed by atoms with Gasteiger partial charge in [-0.05, 0) is 6.07 Å². The molecule has 0 saturated heterocycles. The first kappa shape index (κ1) is 12.4. The molecule has 0 unspecified atom stereocenters. The number of pyridine rings is 1. The molecule has 1 aromatic heterocycles. The first-order valence-electron chi connectivity index (χ1n) is 3.77. The van der Waals surface area contributed by atoms with Gasteiger partial charge in [-0.25, -0.2) is 8.78 Å². The molecule has 15 heavy (non-hydrogen) atoms. The average molecular weight is 290 g/mol. The fraction of sp³-hybridized carbons (Fsp3) is 0.375. The Kier molecular flexibility index (Phi) is 3.64. The molecule has 0 N–H and O–H groups in total. The van der Waals surface area contributed by atoms with Crippen molar-refractivity contribution >= 4 is 15.9 Å². The minimum Gasteiger partial charge on any atom is -0.260 e. The summed E-state index contributed by atoms with van der Waals surface area (Å²) in [7, 11) is 0. The Morgan fingerprint density at radius 3 is 2.33 bits per heavy atom. The molecule has 0 atom stereocenters. The van der Waals surface area contributed by atoms with Gasteiger partial charge in [-0.15, -0.1) is 0 Å². The van der Waals surface area contributed by atoms with E-state index in [1.165, 1.54) is 0 Å². The number of aromatic nitrogens is 1. The van der Waals surface area contributed by atoms with Crippen LogP contribution in [0.1, 0.15) is 23.2 Å². The molecule has 0 aliphatic heterocycles. The molecule has 0 aliphatic rings. The van der Waals surface area contributed by atoms with Crippen molar-refractivity contribution in [2.75, 3.05) is 0 Å². The molecule has 84 valence electrons. The van der Waals surface area contributed by atoms with E-state index in [1.807, 2.05) is 0 Å². The van der Waals surface area contributed by atoms with Crippen molar-refractivity contribution in [2.24, 2.45) is 0 Å². The van der Waals surface area contributed by atoms with Crippen LogP contribution in [-0.4, -0.2) is 4.98 Å². The molecular formula is C8H5BrF5N. The Morgan fingerprint density at radius 2 is 1.93 bits per heavy atom. The van der Waals surface area contributed by atoms with Crippen LogP contribution in [0.2, 0.25) is 0 Å². The summed E-state index contributed by atoms with van der Waals surface area (Å²) < 4.78 is 62.0. The van der Waals surface area contributed by atoms with Crippen LogP contribution < -0.4 is 0 Å². The van der Waals surface area contributed by atoms with E-state index in [0.29, 0.717) is 6.07 Å². The van der Waals surface area contributed by atoms with Gasteiger partial charge in [-0.3, -0.25) is 4.98 Å². The Morgan fingerprint density at radius 1 is 1.33 bits per heavy atom. The van der Waals surface area contributed by atoms with E-state index in [4.69, 9.17) is 0 Å². The zero-order chi connectivity index (χ0) is 11.6. The Bertz CT molecular complexity index is 349. The topological polar surface area (TPSA) is 12.9 Å². The number of hydrogen-bond donors (Lipinski definition) is 0. The molecule has 0 aliphatic carbocycles. The van der Waals surface area contributed by atoms with Crippen LogP contribution in [-0.2, 0) is 11.5 Å². The van der Waals surface area contributed by atoms with Gasteiger partial charge in [0.25, 0.3) is 6.43 Å². The molecule has 1 heterocycles. The summed E-state index contributed by atoms with van der Waals surface area (Å²) in [6.07, 6.45) is -7.04. The van der Waals surface area contributed by atoms with Crippen molar-refractivity contribution in [1.29, 1.82) is 0 Å². The molecule has 0 aromatic carbocycles. The maximum absolute atomic E-state index is 12.5. The van der Waals surface area contributed by atoms with Crippen LogP contribution in [0.25, 0.3) is 0 Å². The van der Waals surface area contributed by atoms with E-state index in [1.54, 1.807) is 0 Å². The summed E-state index contributed by atoms with van der Waals surface area (Å²) in [5.41, 5.74) is -2.82. The zero-order valence-corrected chi connectivity index (χ0v) is 8.74. The third-order valence-corrected chi connectivity index (χ3v) is 2.24. The molecule has 1 aromatic rings. The lowest BCUT2D eigenvalue weighted by molar-refractivity contribution is -0.140. The highest BCUT2D eigenvalue weighted by atomic mass is 79.9. The lowest BCUT2D eigenvalue weighted by atomic mass is 10.1. The summed E-state index contributed by atoms with van der Waals surface area (Å²) in [6.45, 7) is 0. The maximum Gasteiger partial charge on any atom is 0.418 e. The van der Waals surface area contributed by atoms with Gasteiger partial charge in [0.05, 0.1) is 11.3 Å². The lowest BCUT2D eigenvalue weighted by Crippen LogP contribution is -2.14. The second-order valence-corrected chi connectivity index (χ2v) is 3.21. The van der Waals surface area contributed by atoms with Crippen LogP contribution in [0, 0.1) is 0 Å². The highest BCUT2D eigenvalue weighted by Gasteiger charge is 2.38.